The van der Waals surface area contributed by atoms with Gasteiger partial charge in [0.15, 0.2) is 5.96 Å². The van der Waals surface area contributed by atoms with Crippen molar-refractivity contribution >= 4 is 41.5 Å². The summed E-state index contributed by atoms with van der Waals surface area (Å²) in [4.78, 5) is 15.6. The van der Waals surface area contributed by atoms with Gasteiger partial charge in [-0.1, -0.05) is 18.2 Å². The number of hydrogen-bond donors (Lipinski definition) is 3. The van der Waals surface area contributed by atoms with E-state index in [1.165, 1.54) is 6.92 Å². The minimum atomic E-state index is -0.0977. The van der Waals surface area contributed by atoms with Gasteiger partial charge in [-0.15, -0.1) is 24.0 Å². The number of anilines is 1. The van der Waals surface area contributed by atoms with E-state index in [9.17, 15) is 4.79 Å². The molecule has 1 aromatic carbocycles. The molecule has 0 heterocycles. The number of aliphatic imine (C=N–C) groups is 1. The number of rotatable bonds is 7. The normalized spacial score (nSPS) is 13.9. The average Bonchev–Trinajstić information content (AvgIpc) is 3.04. The van der Waals surface area contributed by atoms with Gasteiger partial charge in [0.2, 0.25) is 5.91 Å². The number of carbonyl (C=O) groups excluding carboxylic acids is 1. The number of guanidine groups is 1. The van der Waals surface area contributed by atoms with E-state index >= 15 is 0 Å². The van der Waals surface area contributed by atoms with Crippen LogP contribution in [0.4, 0.5) is 5.69 Å². The van der Waals surface area contributed by atoms with Crippen LogP contribution in [0.3, 0.4) is 0 Å². The van der Waals surface area contributed by atoms with Crippen LogP contribution in [0, 0.1) is 0 Å². The summed E-state index contributed by atoms with van der Waals surface area (Å²) < 4.78 is 5.70. The van der Waals surface area contributed by atoms with E-state index in [1.807, 2.05) is 25.1 Å². The van der Waals surface area contributed by atoms with Gasteiger partial charge >= 0.3 is 0 Å². The predicted molar refractivity (Wildman–Crippen MR) is 113 cm³/mol. The quantitative estimate of drug-likeness (QED) is 0.193. The summed E-state index contributed by atoms with van der Waals surface area (Å²) in [5.74, 6) is 1.44. The van der Waals surface area contributed by atoms with E-state index in [4.69, 9.17) is 4.74 Å². The maximum absolute atomic E-state index is 11.1. The van der Waals surface area contributed by atoms with Crippen molar-refractivity contribution in [1.29, 1.82) is 0 Å². The Morgan fingerprint density at radius 1 is 1.32 bits per heavy atom. The van der Waals surface area contributed by atoms with Crippen LogP contribution < -0.4 is 20.7 Å². The molecule has 138 valence electrons. The standard InChI is InChI=1S/C18H26N4O2.HI/c1-3-19-18(22-15-7-4-5-8-15)20-11-12-24-17-10-6-9-16(13-17)21-14(2)23;/h4-6,9-10,13,15H,3,7-8,11-12H2,1-2H3,(H,21,23)(H2,19,20,22);1H. The van der Waals surface area contributed by atoms with Crippen LogP contribution in [0.1, 0.15) is 26.7 Å². The van der Waals surface area contributed by atoms with E-state index in [0.29, 0.717) is 19.2 Å². The van der Waals surface area contributed by atoms with Crippen molar-refractivity contribution in [2.45, 2.75) is 32.7 Å². The second-order valence-corrected chi connectivity index (χ2v) is 5.60. The molecule has 25 heavy (non-hydrogen) atoms. The van der Waals surface area contributed by atoms with Gasteiger partial charge in [-0.3, -0.25) is 4.79 Å². The Morgan fingerprint density at radius 3 is 2.76 bits per heavy atom. The van der Waals surface area contributed by atoms with E-state index in [1.54, 1.807) is 6.07 Å². The largest absolute Gasteiger partial charge is 0.492 e. The minimum absolute atomic E-state index is 0. The summed E-state index contributed by atoms with van der Waals surface area (Å²) in [7, 11) is 0. The number of ether oxygens (including phenoxy) is 1. The lowest BCUT2D eigenvalue weighted by Gasteiger charge is -2.16. The number of benzene rings is 1. The highest BCUT2D eigenvalue weighted by atomic mass is 127. The zero-order chi connectivity index (χ0) is 17.2. The van der Waals surface area contributed by atoms with E-state index in [0.717, 1.165) is 36.8 Å². The molecule has 1 aromatic rings. The lowest BCUT2D eigenvalue weighted by Crippen LogP contribution is -2.42. The van der Waals surface area contributed by atoms with E-state index in [-0.39, 0.29) is 29.9 Å². The van der Waals surface area contributed by atoms with Crippen molar-refractivity contribution in [3.8, 4) is 5.75 Å². The average molecular weight is 458 g/mol. The van der Waals surface area contributed by atoms with Crippen LogP contribution in [0.2, 0.25) is 0 Å². The molecule has 0 aliphatic heterocycles. The Balaban J connectivity index is 0.00000312. The fourth-order valence-corrected chi connectivity index (χ4v) is 2.44. The molecule has 0 atom stereocenters. The molecule has 0 spiro atoms. The van der Waals surface area contributed by atoms with Crippen LogP contribution in [0.5, 0.6) is 5.75 Å². The number of hydrogen-bond acceptors (Lipinski definition) is 3. The van der Waals surface area contributed by atoms with Crippen molar-refractivity contribution in [2.24, 2.45) is 4.99 Å². The number of carbonyl (C=O) groups is 1. The summed E-state index contributed by atoms with van der Waals surface area (Å²) in [5, 5.41) is 9.41. The molecule has 0 saturated carbocycles. The highest BCUT2D eigenvalue weighted by molar-refractivity contribution is 14.0. The van der Waals surface area contributed by atoms with Gasteiger partial charge < -0.3 is 20.7 Å². The van der Waals surface area contributed by atoms with Crippen molar-refractivity contribution in [3.63, 3.8) is 0 Å². The van der Waals surface area contributed by atoms with Gasteiger partial charge in [0.25, 0.3) is 0 Å². The Labute approximate surface area is 166 Å². The topological polar surface area (TPSA) is 74.8 Å². The predicted octanol–water partition coefficient (Wildman–Crippen LogP) is 2.92. The summed E-state index contributed by atoms with van der Waals surface area (Å²) in [6.45, 7) is 5.39. The number of halogens is 1. The van der Waals surface area contributed by atoms with Gasteiger partial charge in [-0.25, -0.2) is 4.99 Å². The lowest BCUT2D eigenvalue weighted by atomic mass is 10.2. The Bertz CT molecular complexity index is 596. The molecule has 0 saturated heterocycles. The Morgan fingerprint density at radius 2 is 2.08 bits per heavy atom. The molecular formula is C18H27IN4O2. The first-order chi connectivity index (χ1) is 11.7. The molecule has 2 rings (SSSR count). The maximum Gasteiger partial charge on any atom is 0.221 e. The molecule has 0 radical (unpaired) electrons. The van der Waals surface area contributed by atoms with E-state index in [2.05, 4.69) is 33.1 Å². The maximum atomic E-state index is 11.1. The fourth-order valence-electron chi connectivity index (χ4n) is 2.44. The van der Waals surface area contributed by atoms with Crippen molar-refractivity contribution in [2.75, 3.05) is 25.0 Å². The zero-order valence-corrected chi connectivity index (χ0v) is 17.1. The molecule has 0 aromatic heterocycles. The number of nitrogens with one attached hydrogen (secondary N) is 3. The third kappa shape index (κ3) is 8.24. The molecule has 6 nitrogen and oxygen atoms in total. The number of nitrogens with zero attached hydrogens (tertiary/aromatic N) is 1. The summed E-state index contributed by atoms with van der Waals surface area (Å²) in [6, 6.07) is 7.78. The first kappa shape index (κ1) is 21.3. The van der Waals surface area contributed by atoms with Crippen molar-refractivity contribution < 1.29 is 9.53 Å². The van der Waals surface area contributed by atoms with Crippen LogP contribution in [-0.2, 0) is 4.79 Å². The number of amides is 1. The Hall–Kier alpha value is -1.77. The molecule has 1 aliphatic rings. The van der Waals surface area contributed by atoms with Crippen molar-refractivity contribution in [1.82, 2.24) is 10.6 Å². The molecule has 0 bridgehead atoms. The van der Waals surface area contributed by atoms with Crippen LogP contribution in [0.25, 0.3) is 0 Å². The summed E-state index contributed by atoms with van der Waals surface area (Å²) in [5.41, 5.74) is 0.729. The Kier molecular flexibility index (Phi) is 9.98. The summed E-state index contributed by atoms with van der Waals surface area (Å²) >= 11 is 0. The summed E-state index contributed by atoms with van der Waals surface area (Å²) in [6.07, 6.45) is 6.45. The van der Waals surface area contributed by atoms with Gasteiger partial charge in [-0.2, -0.15) is 0 Å². The van der Waals surface area contributed by atoms with Gasteiger partial charge in [0, 0.05) is 31.3 Å². The molecule has 1 aliphatic carbocycles. The van der Waals surface area contributed by atoms with Crippen LogP contribution in [0.15, 0.2) is 41.4 Å². The first-order valence-corrected chi connectivity index (χ1v) is 8.37. The third-order valence-corrected chi connectivity index (χ3v) is 3.48. The fraction of sp³-hybridized carbons (Fsp3) is 0.444. The van der Waals surface area contributed by atoms with Gasteiger partial charge in [-0.05, 0) is 31.9 Å². The lowest BCUT2D eigenvalue weighted by molar-refractivity contribution is -0.114. The highest BCUT2D eigenvalue weighted by Crippen LogP contribution is 2.17. The molecular weight excluding hydrogens is 431 g/mol. The van der Waals surface area contributed by atoms with Crippen LogP contribution in [-0.4, -0.2) is 37.6 Å². The van der Waals surface area contributed by atoms with Gasteiger partial charge in [0.05, 0.1) is 6.54 Å². The monoisotopic (exact) mass is 458 g/mol. The molecule has 3 N–H and O–H groups in total. The van der Waals surface area contributed by atoms with Crippen LogP contribution >= 0.6 is 24.0 Å². The second-order valence-electron chi connectivity index (χ2n) is 5.60. The highest BCUT2D eigenvalue weighted by Gasteiger charge is 2.11. The SMILES string of the molecule is CCNC(=NCCOc1cccc(NC(C)=O)c1)NC1CC=CC1.I. The third-order valence-electron chi connectivity index (χ3n) is 3.48. The van der Waals surface area contributed by atoms with E-state index < -0.39 is 0 Å². The molecule has 0 fully saturated rings. The second kappa shape index (κ2) is 11.7. The minimum Gasteiger partial charge on any atom is -0.492 e. The molecule has 1 amide bonds. The van der Waals surface area contributed by atoms with Crippen molar-refractivity contribution in [3.05, 3.63) is 36.4 Å². The zero-order valence-electron chi connectivity index (χ0n) is 14.7. The first-order valence-electron chi connectivity index (χ1n) is 8.37. The molecule has 0 unspecified atom stereocenters. The smallest absolute Gasteiger partial charge is 0.221 e. The molecule has 7 heteroatoms. The van der Waals surface area contributed by atoms with Gasteiger partial charge in [0.1, 0.15) is 12.4 Å².